The second-order valence-corrected chi connectivity index (χ2v) is 7.06. The second-order valence-electron chi connectivity index (χ2n) is 4.79. The van der Waals surface area contributed by atoms with E-state index in [2.05, 4.69) is 4.72 Å². The third-order valence-electron chi connectivity index (χ3n) is 3.15. The van der Waals surface area contributed by atoms with Crippen LogP contribution in [0.2, 0.25) is 5.02 Å². The molecule has 0 bridgehead atoms. The first-order valence-corrected chi connectivity index (χ1v) is 8.26. The summed E-state index contributed by atoms with van der Waals surface area (Å²) in [4.78, 5) is 11.8. The lowest BCUT2D eigenvalue weighted by Gasteiger charge is -2.05. The maximum atomic E-state index is 11.8. The molecule has 1 N–H and O–H groups in total. The number of carbonyl (C=O) groups is 1. The predicted molar refractivity (Wildman–Crippen MR) is 74.5 cm³/mol. The van der Waals surface area contributed by atoms with E-state index in [1.54, 1.807) is 19.1 Å². The molecule has 0 saturated heterocycles. The zero-order chi connectivity index (χ0) is 14.0. The largest absolute Gasteiger partial charge is 0.274 e. The SMILES string of the molecule is CCCS(=O)(=O)NC(=O)[C@@H]1C[C@@H]1c1ccc(Cl)cc1. The van der Waals surface area contributed by atoms with E-state index in [0.717, 1.165) is 5.56 Å². The quantitative estimate of drug-likeness (QED) is 0.907. The average Bonchev–Trinajstić information content (AvgIpc) is 3.09. The predicted octanol–water partition coefficient (Wildman–Crippen LogP) is 2.30. The molecule has 1 aliphatic rings. The molecule has 0 heterocycles. The summed E-state index contributed by atoms with van der Waals surface area (Å²) >= 11 is 5.80. The van der Waals surface area contributed by atoms with Crippen LogP contribution in [0.4, 0.5) is 0 Å². The van der Waals surface area contributed by atoms with Crippen LogP contribution >= 0.6 is 11.6 Å². The first kappa shape index (κ1) is 14.3. The zero-order valence-corrected chi connectivity index (χ0v) is 12.2. The summed E-state index contributed by atoms with van der Waals surface area (Å²) in [7, 11) is -3.47. The van der Waals surface area contributed by atoms with Crippen molar-refractivity contribution in [2.75, 3.05) is 5.75 Å². The van der Waals surface area contributed by atoms with Crippen LogP contribution in [0.15, 0.2) is 24.3 Å². The molecule has 0 aliphatic heterocycles. The van der Waals surface area contributed by atoms with Gasteiger partial charge in [-0.05, 0) is 36.5 Å². The van der Waals surface area contributed by atoms with E-state index in [0.29, 0.717) is 17.9 Å². The molecule has 19 heavy (non-hydrogen) atoms. The maximum absolute atomic E-state index is 11.8. The van der Waals surface area contributed by atoms with Crippen LogP contribution in [0.3, 0.4) is 0 Å². The van der Waals surface area contributed by atoms with Crippen molar-refractivity contribution in [2.45, 2.75) is 25.7 Å². The van der Waals surface area contributed by atoms with Gasteiger partial charge in [-0.1, -0.05) is 30.7 Å². The van der Waals surface area contributed by atoms with E-state index in [-0.39, 0.29) is 17.6 Å². The molecule has 0 spiro atoms. The number of halogens is 1. The molecule has 0 radical (unpaired) electrons. The second kappa shape index (κ2) is 5.51. The molecule has 1 aromatic carbocycles. The van der Waals surface area contributed by atoms with Crippen molar-refractivity contribution in [3.05, 3.63) is 34.9 Å². The number of rotatable bonds is 5. The van der Waals surface area contributed by atoms with Gasteiger partial charge < -0.3 is 0 Å². The Morgan fingerprint density at radius 2 is 2.00 bits per heavy atom. The van der Waals surface area contributed by atoms with Gasteiger partial charge in [-0.25, -0.2) is 8.42 Å². The fourth-order valence-electron chi connectivity index (χ4n) is 2.11. The molecule has 1 fully saturated rings. The van der Waals surface area contributed by atoms with Crippen LogP contribution < -0.4 is 4.72 Å². The van der Waals surface area contributed by atoms with Crippen molar-refractivity contribution in [3.8, 4) is 0 Å². The Morgan fingerprint density at radius 3 is 2.58 bits per heavy atom. The van der Waals surface area contributed by atoms with Gasteiger partial charge in [0.15, 0.2) is 0 Å². The van der Waals surface area contributed by atoms with Crippen LogP contribution in [0.1, 0.15) is 31.2 Å². The summed E-state index contributed by atoms with van der Waals surface area (Å²) in [6, 6.07) is 7.30. The molecule has 0 unspecified atom stereocenters. The summed E-state index contributed by atoms with van der Waals surface area (Å²) in [5, 5.41) is 0.649. The molecule has 1 amide bonds. The standard InChI is InChI=1S/C13H16ClNO3S/c1-2-7-19(17,18)15-13(16)12-8-11(12)9-3-5-10(14)6-4-9/h3-6,11-12H,2,7-8H2,1H3,(H,15,16)/t11-,12-/m1/s1. The van der Waals surface area contributed by atoms with E-state index in [1.165, 1.54) is 0 Å². The van der Waals surface area contributed by atoms with Crippen LogP contribution in [-0.4, -0.2) is 20.1 Å². The summed E-state index contributed by atoms with van der Waals surface area (Å²) < 4.78 is 25.2. The monoisotopic (exact) mass is 301 g/mol. The summed E-state index contributed by atoms with van der Waals surface area (Å²) in [5.74, 6) is -0.549. The van der Waals surface area contributed by atoms with Gasteiger partial charge >= 0.3 is 0 Å². The molecule has 2 atom stereocenters. The number of hydrogen-bond acceptors (Lipinski definition) is 3. The van der Waals surface area contributed by atoms with Gasteiger partial charge in [-0.2, -0.15) is 0 Å². The number of benzene rings is 1. The van der Waals surface area contributed by atoms with Gasteiger partial charge in [-0.3, -0.25) is 9.52 Å². The minimum atomic E-state index is -3.47. The van der Waals surface area contributed by atoms with Crippen molar-refractivity contribution < 1.29 is 13.2 Å². The van der Waals surface area contributed by atoms with Gasteiger partial charge in [0, 0.05) is 10.9 Å². The number of nitrogens with one attached hydrogen (secondary N) is 1. The summed E-state index contributed by atoms with van der Waals surface area (Å²) in [6.07, 6.45) is 1.18. The van der Waals surface area contributed by atoms with Crippen molar-refractivity contribution >= 4 is 27.5 Å². The first-order valence-electron chi connectivity index (χ1n) is 6.22. The Hall–Kier alpha value is -1.07. The van der Waals surface area contributed by atoms with Crippen LogP contribution in [0, 0.1) is 5.92 Å². The lowest BCUT2D eigenvalue weighted by molar-refractivity contribution is -0.120. The molecule has 104 valence electrons. The van der Waals surface area contributed by atoms with Gasteiger partial charge in [-0.15, -0.1) is 0 Å². The topological polar surface area (TPSA) is 63.2 Å². The highest BCUT2D eigenvalue weighted by Crippen LogP contribution is 2.47. The molecule has 1 aliphatic carbocycles. The number of amides is 1. The van der Waals surface area contributed by atoms with Gasteiger partial charge in [0.25, 0.3) is 0 Å². The van der Waals surface area contributed by atoms with E-state index < -0.39 is 15.9 Å². The maximum Gasteiger partial charge on any atom is 0.237 e. The van der Waals surface area contributed by atoms with Crippen molar-refractivity contribution in [1.29, 1.82) is 0 Å². The lowest BCUT2D eigenvalue weighted by atomic mass is 10.1. The Labute approximate surface area is 118 Å². The van der Waals surface area contributed by atoms with Crippen molar-refractivity contribution in [1.82, 2.24) is 4.72 Å². The van der Waals surface area contributed by atoms with Crippen molar-refractivity contribution in [2.24, 2.45) is 5.92 Å². The fraction of sp³-hybridized carbons (Fsp3) is 0.462. The summed E-state index contributed by atoms with van der Waals surface area (Å²) in [6.45, 7) is 1.76. The molecule has 2 rings (SSSR count). The fourth-order valence-corrected chi connectivity index (χ4v) is 3.34. The Kier molecular flexibility index (Phi) is 4.16. The Balaban J connectivity index is 1.96. The molecule has 1 saturated carbocycles. The van der Waals surface area contributed by atoms with Gasteiger partial charge in [0.05, 0.1) is 5.75 Å². The third kappa shape index (κ3) is 3.70. The van der Waals surface area contributed by atoms with Crippen molar-refractivity contribution in [3.63, 3.8) is 0 Å². The minimum Gasteiger partial charge on any atom is -0.274 e. The van der Waals surface area contributed by atoms with E-state index in [4.69, 9.17) is 11.6 Å². The highest BCUT2D eigenvalue weighted by Gasteiger charge is 2.44. The average molecular weight is 302 g/mol. The molecule has 1 aromatic rings. The smallest absolute Gasteiger partial charge is 0.237 e. The van der Waals surface area contributed by atoms with E-state index >= 15 is 0 Å². The molecule has 0 aromatic heterocycles. The summed E-state index contributed by atoms with van der Waals surface area (Å²) in [5.41, 5.74) is 1.03. The van der Waals surface area contributed by atoms with E-state index in [1.807, 2.05) is 12.1 Å². The highest BCUT2D eigenvalue weighted by molar-refractivity contribution is 7.90. The zero-order valence-electron chi connectivity index (χ0n) is 10.6. The number of carbonyl (C=O) groups excluding carboxylic acids is 1. The Bertz CT molecular complexity index is 568. The first-order chi connectivity index (χ1) is 8.93. The Morgan fingerprint density at radius 1 is 1.37 bits per heavy atom. The number of sulfonamides is 1. The van der Waals surface area contributed by atoms with Gasteiger partial charge in [0.1, 0.15) is 0 Å². The highest BCUT2D eigenvalue weighted by atomic mass is 35.5. The minimum absolute atomic E-state index is 0.0168. The van der Waals surface area contributed by atoms with Crippen LogP contribution in [0.25, 0.3) is 0 Å². The third-order valence-corrected chi connectivity index (χ3v) is 4.86. The van der Waals surface area contributed by atoms with Crippen LogP contribution in [0.5, 0.6) is 0 Å². The molecule has 4 nitrogen and oxygen atoms in total. The molecular weight excluding hydrogens is 286 g/mol. The van der Waals surface area contributed by atoms with E-state index in [9.17, 15) is 13.2 Å². The normalized spacial score (nSPS) is 22.0. The van der Waals surface area contributed by atoms with Gasteiger partial charge in [0.2, 0.25) is 15.9 Å². The lowest BCUT2D eigenvalue weighted by Crippen LogP contribution is -2.33. The number of hydrogen-bond donors (Lipinski definition) is 1. The van der Waals surface area contributed by atoms with Crippen LogP contribution in [-0.2, 0) is 14.8 Å². The molecular formula is C13H16ClNO3S. The molecule has 6 heteroatoms.